The molecular weight excluding hydrogens is 1420 g/mol. The Morgan fingerprint density at radius 2 is 0.616 bits per heavy atom. The highest BCUT2D eigenvalue weighted by molar-refractivity contribution is 5.76. The van der Waals surface area contributed by atoms with Gasteiger partial charge < -0.3 is 89.9 Å². The van der Waals surface area contributed by atoms with Gasteiger partial charge in [0.15, 0.2) is 18.9 Å². The SMILES string of the molecule is CC/C=C\C/C=C\C/C=C\C/C=C\C/C=C\C/C=C\C/C=C\CCCCCCCCCCCCCCCCCCCCCC(=O)NC(COC1OC(CO)C(OC2OC(CO)C(OC3OC(CO)C(O)C(O)C3O)C(O)C2O)C(O)C1O)C(O)/C=C/CCCCCCCCCCCCCCCCCCCCCCCCCC. The Labute approximate surface area is 679 Å². The molecule has 3 aliphatic heterocycles. The topological polar surface area (TPSA) is 307 Å². The van der Waals surface area contributed by atoms with Gasteiger partial charge in [0.2, 0.25) is 5.91 Å². The van der Waals surface area contributed by atoms with Gasteiger partial charge in [0.1, 0.15) is 73.2 Å². The summed E-state index contributed by atoms with van der Waals surface area (Å²) in [6.07, 6.45) is 72.7. The van der Waals surface area contributed by atoms with Gasteiger partial charge in [-0.1, -0.05) is 368 Å². The highest BCUT2D eigenvalue weighted by Gasteiger charge is 2.54. The number of hydrogen-bond donors (Lipinski definition) is 12. The molecule has 3 fully saturated rings. The van der Waals surface area contributed by atoms with Gasteiger partial charge in [0.25, 0.3) is 0 Å². The summed E-state index contributed by atoms with van der Waals surface area (Å²) < 4.78 is 34.5. The van der Waals surface area contributed by atoms with Crippen LogP contribution in [0, 0.1) is 0 Å². The molecule has 0 aliphatic carbocycles. The van der Waals surface area contributed by atoms with Crippen molar-refractivity contribution in [2.45, 2.75) is 458 Å². The minimum atomic E-state index is -1.98. The van der Waals surface area contributed by atoms with Crippen molar-refractivity contribution in [3.8, 4) is 0 Å². The van der Waals surface area contributed by atoms with Gasteiger partial charge in [-0.15, -0.1) is 0 Å². The largest absolute Gasteiger partial charge is 0.394 e. The minimum absolute atomic E-state index is 0.243. The number of aliphatic hydroxyl groups excluding tert-OH is 11. The van der Waals surface area contributed by atoms with E-state index in [2.05, 4.69) is 104 Å². The maximum Gasteiger partial charge on any atom is 0.220 e. The molecule has 1 amide bonds. The summed E-state index contributed by atoms with van der Waals surface area (Å²) in [4.78, 5) is 13.5. The number of carbonyl (C=O) groups excluding carboxylic acids is 1. The van der Waals surface area contributed by atoms with Crippen LogP contribution in [0.4, 0.5) is 0 Å². The van der Waals surface area contributed by atoms with E-state index in [0.29, 0.717) is 6.42 Å². The fraction of sp³-hybridized carbons (Fsp3) is 0.817. The smallest absolute Gasteiger partial charge is 0.220 e. The number of aliphatic hydroxyl groups is 11. The molecule has 3 heterocycles. The Balaban J connectivity index is 1.31. The summed E-state index contributed by atoms with van der Waals surface area (Å²) in [6, 6.07) is -0.978. The van der Waals surface area contributed by atoms with E-state index in [1.807, 2.05) is 6.08 Å². The fourth-order valence-corrected chi connectivity index (χ4v) is 14.9. The highest BCUT2D eigenvalue weighted by atomic mass is 16.8. The van der Waals surface area contributed by atoms with Crippen LogP contribution in [-0.4, -0.2) is 193 Å². The fourth-order valence-electron chi connectivity index (χ4n) is 14.9. The van der Waals surface area contributed by atoms with Gasteiger partial charge in [-0.25, -0.2) is 0 Å². The van der Waals surface area contributed by atoms with Crippen molar-refractivity contribution < 1.29 is 89.4 Å². The van der Waals surface area contributed by atoms with Crippen LogP contribution in [0.2, 0.25) is 0 Å². The van der Waals surface area contributed by atoms with Crippen LogP contribution >= 0.6 is 0 Å². The molecule has 0 saturated carbocycles. The summed E-state index contributed by atoms with van der Waals surface area (Å²) in [7, 11) is 0. The van der Waals surface area contributed by atoms with Crippen LogP contribution in [0.5, 0.6) is 0 Å². The first-order valence-corrected chi connectivity index (χ1v) is 45.5. The van der Waals surface area contributed by atoms with E-state index in [0.717, 1.165) is 89.9 Å². The van der Waals surface area contributed by atoms with Crippen molar-refractivity contribution in [1.82, 2.24) is 5.32 Å². The lowest BCUT2D eigenvalue weighted by Gasteiger charge is -2.48. The molecule has 650 valence electrons. The summed E-state index contributed by atoms with van der Waals surface area (Å²) in [5.41, 5.74) is 0. The van der Waals surface area contributed by atoms with Crippen molar-refractivity contribution in [1.29, 1.82) is 0 Å². The highest BCUT2D eigenvalue weighted by Crippen LogP contribution is 2.34. The van der Waals surface area contributed by atoms with Crippen LogP contribution in [-0.2, 0) is 33.2 Å². The average Bonchev–Trinajstić information content (AvgIpc) is 0.781. The van der Waals surface area contributed by atoms with Crippen LogP contribution in [0.3, 0.4) is 0 Å². The van der Waals surface area contributed by atoms with Crippen molar-refractivity contribution >= 4 is 5.91 Å². The van der Waals surface area contributed by atoms with Gasteiger partial charge in [-0.3, -0.25) is 4.79 Å². The molecule has 17 atom stereocenters. The van der Waals surface area contributed by atoms with E-state index in [1.54, 1.807) is 6.08 Å². The molecule has 19 nitrogen and oxygen atoms in total. The Morgan fingerprint density at radius 3 is 0.964 bits per heavy atom. The maximum absolute atomic E-state index is 13.5. The molecule has 112 heavy (non-hydrogen) atoms. The van der Waals surface area contributed by atoms with Gasteiger partial charge in [-0.2, -0.15) is 0 Å². The van der Waals surface area contributed by atoms with Gasteiger partial charge in [-0.05, 0) is 77.0 Å². The molecule has 3 aliphatic rings. The molecular formula is C93H165NO18. The van der Waals surface area contributed by atoms with Crippen LogP contribution in [0.1, 0.15) is 354 Å². The molecule has 0 radical (unpaired) electrons. The molecule has 0 bridgehead atoms. The van der Waals surface area contributed by atoms with Crippen molar-refractivity contribution in [3.63, 3.8) is 0 Å². The first kappa shape index (κ1) is 103. The number of amides is 1. The molecule has 3 rings (SSSR count). The lowest BCUT2D eigenvalue weighted by Crippen LogP contribution is -2.66. The summed E-state index contributed by atoms with van der Waals surface area (Å²) in [5, 5.41) is 121. The molecule has 19 heteroatoms. The van der Waals surface area contributed by atoms with Crippen LogP contribution < -0.4 is 5.32 Å². The molecule has 0 aromatic rings. The third-order valence-corrected chi connectivity index (χ3v) is 22.1. The van der Waals surface area contributed by atoms with E-state index < -0.39 is 124 Å². The van der Waals surface area contributed by atoms with E-state index in [9.17, 15) is 61.0 Å². The number of allylic oxidation sites excluding steroid dienone is 15. The Bertz CT molecular complexity index is 2400. The summed E-state index contributed by atoms with van der Waals surface area (Å²) in [6.45, 7) is 1.67. The number of unbranched alkanes of at least 4 members (excludes halogenated alkanes) is 43. The Kier molecular flexibility index (Phi) is 66.0. The van der Waals surface area contributed by atoms with Crippen LogP contribution in [0.15, 0.2) is 97.2 Å². The quantitative estimate of drug-likeness (QED) is 0.0199. The summed E-state index contributed by atoms with van der Waals surface area (Å²) >= 11 is 0. The summed E-state index contributed by atoms with van der Waals surface area (Å²) in [5.74, 6) is -0.271. The molecule has 0 aromatic heterocycles. The molecule has 12 N–H and O–H groups in total. The molecule has 0 aromatic carbocycles. The second-order valence-electron chi connectivity index (χ2n) is 32.0. The second-order valence-corrected chi connectivity index (χ2v) is 32.0. The normalized spacial score (nSPS) is 25.4. The minimum Gasteiger partial charge on any atom is -0.394 e. The second kappa shape index (κ2) is 71.8. The van der Waals surface area contributed by atoms with Crippen molar-refractivity contribution in [2.75, 3.05) is 26.4 Å². The predicted octanol–water partition coefficient (Wildman–Crippen LogP) is 17.5. The number of carbonyl (C=O) groups is 1. The zero-order valence-electron chi connectivity index (χ0n) is 70.1. The predicted molar refractivity (Wildman–Crippen MR) is 452 cm³/mol. The van der Waals surface area contributed by atoms with Gasteiger partial charge in [0, 0.05) is 6.42 Å². The third-order valence-electron chi connectivity index (χ3n) is 22.1. The maximum atomic E-state index is 13.5. The Morgan fingerprint density at radius 1 is 0.330 bits per heavy atom. The lowest BCUT2D eigenvalue weighted by molar-refractivity contribution is -0.379. The monoisotopic (exact) mass is 1580 g/mol. The molecule has 3 saturated heterocycles. The Hall–Kier alpha value is -3.29. The number of hydrogen-bond acceptors (Lipinski definition) is 18. The first-order valence-electron chi connectivity index (χ1n) is 45.5. The standard InChI is InChI=1S/C93H165NO18/c1-3-5-7-9-11-13-15-17-19-21-23-25-27-29-31-32-33-34-35-36-37-38-39-40-41-42-43-44-45-47-49-51-53-55-57-59-61-63-65-67-69-71-81(99)94-76(77(98)70-68-66-64-62-60-58-56-54-52-50-48-46-30-28-26-24-22-20-18-16-14-12-10-8-6-4-2)75-107-91-87(105)84(102)89(79(73-96)109-91)112-93-88(106)85(103)90(80(74-97)110-93)111-92-86(104)83(101)82(100)78(72-95)108-92/h5,7,11,13,17,19,23,25,29,31,33-34,36-37,68,70,76-80,82-93,95-98,100-106H,3-4,6,8-10,12,14-16,18,20-22,24,26-28,30,32,35,38-67,69,71-75H2,1-2H3,(H,94,99)/b7-5-,13-11-,19-17-,25-23-,31-29-,34-33-,37-36-,70-68+. The third kappa shape index (κ3) is 49.8. The molecule has 0 spiro atoms. The van der Waals surface area contributed by atoms with Crippen molar-refractivity contribution in [3.05, 3.63) is 97.2 Å². The average molecular weight is 1590 g/mol. The van der Waals surface area contributed by atoms with Crippen LogP contribution in [0.25, 0.3) is 0 Å². The lowest BCUT2D eigenvalue weighted by atomic mass is 9.96. The number of ether oxygens (including phenoxy) is 6. The van der Waals surface area contributed by atoms with E-state index >= 15 is 0 Å². The first-order chi connectivity index (χ1) is 54.8. The zero-order valence-corrected chi connectivity index (χ0v) is 70.1. The number of rotatable bonds is 73. The van der Waals surface area contributed by atoms with Gasteiger partial charge in [0.05, 0.1) is 38.6 Å². The van der Waals surface area contributed by atoms with E-state index in [4.69, 9.17) is 28.4 Å². The van der Waals surface area contributed by atoms with Gasteiger partial charge >= 0.3 is 0 Å². The number of nitrogens with one attached hydrogen (secondary N) is 1. The van der Waals surface area contributed by atoms with Crippen molar-refractivity contribution in [2.24, 2.45) is 0 Å². The zero-order chi connectivity index (χ0) is 81.0. The van der Waals surface area contributed by atoms with E-state index in [-0.39, 0.29) is 18.9 Å². The molecule has 17 unspecified atom stereocenters. The van der Waals surface area contributed by atoms with E-state index in [1.165, 1.54) is 238 Å².